The molecule has 118 valence electrons. The van der Waals surface area contributed by atoms with Gasteiger partial charge >= 0.3 is 5.97 Å². The summed E-state index contributed by atoms with van der Waals surface area (Å²) in [5, 5.41) is 0. The lowest BCUT2D eigenvalue weighted by atomic mass is 10.1. The van der Waals surface area contributed by atoms with Crippen LogP contribution in [0, 0.1) is 0 Å². The normalized spacial score (nSPS) is 38.5. The van der Waals surface area contributed by atoms with Gasteiger partial charge in [0.1, 0.15) is 18.3 Å². The maximum Gasteiger partial charge on any atom is 0.338 e. The van der Waals surface area contributed by atoms with Crippen LogP contribution in [-0.2, 0) is 23.7 Å². The number of carbonyl (C=O) groups is 1. The van der Waals surface area contributed by atoms with E-state index < -0.39 is 18.2 Å². The molecule has 0 unspecified atom stereocenters. The Balaban J connectivity index is 1.43. The zero-order valence-electron chi connectivity index (χ0n) is 12.4. The van der Waals surface area contributed by atoms with Crippen molar-refractivity contribution in [2.75, 3.05) is 6.61 Å². The van der Waals surface area contributed by atoms with Gasteiger partial charge in [-0.15, -0.1) is 0 Å². The van der Waals surface area contributed by atoms with Gasteiger partial charge in [-0.2, -0.15) is 0 Å². The van der Waals surface area contributed by atoms with Crippen LogP contribution in [0.3, 0.4) is 0 Å². The zero-order valence-corrected chi connectivity index (χ0v) is 12.4. The van der Waals surface area contributed by atoms with Gasteiger partial charge in [0.15, 0.2) is 18.2 Å². The van der Waals surface area contributed by atoms with Gasteiger partial charge in [-0.25, -0.2) is 4.79 Å². The summed E-state index contributed by atoms with van der Waals surface area (Å²) < 4.78 is 28.6. The topological polar surface area (TPSA) is 63.2 Å². The highest BCUT2D eigenvalue weighted by Crippen LogP contribution is 2.42. The fourth-order valence-corrected chi connectivity index (χ4v) is 3.17. The molecule has 6 nitrogen and oxygen atoms in total. The Hall–Kier alpha value is -1.47. The number of hydrogen-bond donors (Lipinski definition) is 0. The fourth-order valence-electron chi connectivity index (χ4n) is 3.17. The monoisotopic (exact) mass is 306 g/mol. The summed E-state index contributed by atoms with van der Waals surface area (Å²) in [4.78, 5) is 12.1. The van der Waals surface area contributed by atoms with Gasteiger partial charge in [0.25, 0.3) is 0 Å². The predicted molar refractivity (Wildman–Crippen MR) is 74.1 cm³/mol. The maximum atomic E-state index is 12.1. The van der Waals surface area contributed by atoms with Crippen LogP contribution in [0.1, 0.15) is 24.2 Å². The van der Waals surface area contributed by atoms with Crippen LogP contribution in [0.4, 0.5) is 0 Å². The molecule has 3 aliphatic heterocycles. The molecule has 0 amide bonds. The molecule has 3 saturated heterocycles. The van der Waals surface area contributed by atoms with Crippen molar-refractivity contribution in [1.29, 1.82) is 0 Å². The average Bonchev–Trinajstić information content (AvgIpc) is 3.10. The van der Waals surface area contributed by atoms with Crippen molar-refractivity contribution in [3.63, 3.8) is 0 Å². The van der Waals surface area contributed by atoms with Gasteiger partial charge in [-0.3, -0.25) is 0 Å². The first kappa shape index (κ1) is 14.1. The second-order valence-corrected chi connectivity index (χ2v) is 6.18. The molecule has 0 N–H and O–H groups in total. The van der Waals surface area contributed by atoms with Crippen molar-refractivity contribution >= 4 is 5.97 Å². The number of fused-ring (bicyclic) bond motifs is 3. The van der Waals surface area contributed by atoms with Crippen LogP contribution < -0.4 is 0 Å². The van der Waals surface area contributed by atoms with Gasteiger partial charge in [0, 0.05) is 0 Å². The maximum absolute atomic E-state index is 12.1. The number of rotatable bonds is 2. The van der Waals surface area contributed by atoms with E-state index in [1.165, 1.54) is 0 Å². The second kappa shape index (κ2) is 5.03. The van der Waals surface area contributed by atoms with Gasteiger partial charge in [-0.1, -0.05) is 18.2 Å². The molecular formula is C16H18O6. The summed E-state index contributed by atoms with van der Waals surface area (Å²) >= 11 is 0. The van der Waals surface area contributed by atoms with Gasteiger partial charge in [0.05, 0.1) is 12.2 Å². The largest absolute Gasteiger partial charge is 0.453 e. The Kier molecular flexibility index (Phi) is 3.23. The van der Waals surface area contributed by atoms with E-state index in [-0.39, 0.29) is 24.3 Å². The predicted octanol–water partition coefficient (Wildman–Crippen LogP) is 1.49. The van der Waals surface area contributed by atoms with Crippen LogP contribution in [0.2, 0.25) is 0 Å². The first-order valence-corrected chi connectivity index (χ1v) is 7.42. The van der Waals surface area contributed by atoms with E-state index >= 15 is 0 Å². The standard InChI is InChI=1S/C16H18O6/c1-16(2)21-13-12-11(20-15(13)22-16)10(8-18-12)19-14(17)9-6-4-3-5-7-9/h3-7,10-13,15H,8H2,1-2H3/t10-,11-,12+,13-,15-/m0/s1. The highest BCUT2D eigenvalue weighted by molar-refractivity contribution is 5.89. The number of ether oxygens (including phenoxy) is 5. The Morgan fingerprint density at radius 3 is 2.68 bits per heavy atom. The van der Waals surface area contributed by atoms with Gasteiger partial charge < -0.3 is 23.7 Å². The lowest BCUT2D eigenvalue weighted by Gasteiger charge is -2.22. The minimum atomic E-state index is -0.678. The number of esters is 1. The van der Waals surface area contributed by atoms with Crippen molar-refractivity contribution in [3.05, 3.63) is 35.9 Å². The summed E-state index contributed by atoms with van der Waals surface area (Å²) in [6.07, 6.45) is -1.80. The second-order valence-electron chi connectivity index (χ2n) is 6.18. The molecular weight excluding hydrogens is 288 g/mol. The minimum Gasteiger partial charge on any atom is -0.453 e. The number of benzene rings is 1. The highest BCUT2D eigenvalue weighted by atomic mass is 16.8. The summed E-state index contributed by atoms with van der Waals surface area (Å²) in [7, 11) is 0. The van der Waals surface area contributed by atoms with Crippen LogP contribution in [0.5, 0.6) is 0 Å². The zero-order chi connectivity index (χ0) is 15.3. The Morgan fingerprint density at radius 2 is 1.91 bits per heavy atom. The van der Waals surface area contributed by atoms with E-state index in [2.05, 4.69) is 0 Å². The van der Waals surface area contributed by atoms with Crippen LogP contribution in [0.15, 0.2) is 30.3 Å². The van der Waals surface area contributed by atoms with Crippen molar-refractivity contribution in [2.45, 2.75) is 50.3 Å². The molecule has 0 aliphatic carbocycles. The van der Waals surface area contributed by atoms with Crippen LogP contribution in [0.25, 0.3) is 0 Å². The summed E-state index contributed by atoms with van der Waals surface area (Å²) in [5.41, 5.74) is 0.512. The van der Waals surface area contributed by atoms with Crippen LogP contribution in [-0.4, -0.2) is 49.1 Å². The molecule has 0 radical (unpaired) electrons. The molecule has 3 aliphatic rings. The summed E-state index contributed by atoms with van der Waals surface area (Å²) in [6.45, 7) is 3.98. The third-order valence-corrected chi connectivity index (χ3v) is 4.11. The minimum absolute atomic E-state index is 0.264. The molecule has 1 aromatic carbocycles. The first-order valence-electron chi connectivity index (χ1n) is 7.42. The molecule has 4 rings (SSSR count). The quantitative estimate of drug-likeness (QED) is 0.771. The van der Waals surface area contributed by atoms with E-state index in [0.29, 0.717) is 12.2 Å². The molecule has 22 heavy (non-hydrogen) atoms. The van der Waals surface area contributed by atoms with E-state index in [0.717, 1.165) is 0 Å². The summed E-state index contributed by atoms with van der Waals surface area (Å²) in [6, 6.07) is 8.88. The molecule has 6 heteroatoms. The molecule has 1 aromatic rings. The first-order chi connectivity index (χ1) is 10.5. The van der Waals surface area contributed by atoms with Gasteiger partial charge in [-0.05, 0) is 26.0 Å². The molecule has 0 saturated carbocycles. The van der Waals surface area contributed by atoms with E-state index in [1.54, 1.807) is 24.3 Å². The third-order valence-electron chi connectivity index (χ3n) is 4.11. The lowest BCUT2D eigenvalue weighted by Crippen LogP contribution is -2.37. The average molecular weight is 306 g/mol. The fraction of sp³-hybridized carbons (Fsp3) is 0.562. The molecule has 0 spiro atoms. The Bertz CT molecular complexity index is 571. The molecule has 0 aromatic heterocycles. The molecule has 5 atom stereocenters. The lowest BCUT2D eigenvalue weighted by molar-refractivity contribution is -0.214. The van der Waals surface area contributed by atoms with Crippen molar-refractivity contribution < 1.29 is 28.5 Å². The smallest absolute Gasteiger partial charge is 0.338 e. The molecule has 0 bridgehead atoms. The Labute approximate surface area is 128 Å². The van der Waals surface area contributed by atoms with Crippen molar-refractivity contribution in [3.8, 4) is 0 Å². The molecule has 3 heterocycles. The van der Waals surface area contributed by atoms with E-state index in [9.17, 15) is 4.79 Å². The SMILES string of the molecule is CC1(C)O[C@@H]2O[C@@H]3[C@@H](OC[C@@H]3OC(=O)c3ccccc3)[C@@H]2O1. The van der Waals surface area contributed by atoms with E-state index in [1.807, 2.05) is 19.9 Å². The number of carbonyl (C=O) groups excluding carboxylic acids is 1. The number of hydrogen-bond acceptors (Lipinski definition) is 6. The van der Waals surface area contributed by atoms with Crippen LogP contribution >= 0.6 is 0 Å². The van der Waals surface area contributed by atoms with Gasteiger partial charge in [0.2, 0.25) is 0 Å². The van der Waals surface area contributed by atoms with E-state index in [4.69, 9.17) is 23.7 Å². The third kappa shape index (κ3) is 2.32. The Morgan fingerprint density at radius 1 is 1.14 bits per heavy atom. The summed E-state index contributed by atoms with van der Waals surface area (Å²) in [5.74, 6) is -1.06. The van der Waals surface area contributed by atoms with Crippen molar-refractivity contribution in [1.82, 2.24) is 0 Å². The molecule has 3 fully saturated rings. The highest BCUT2D eigenvalue weighted by Gasteiger charge is 2.60. The van der Waals surface area contributed by atoms with Crippen molar-refractivity contribution in [2.24, 2.45) is 0 Å².